The fraction of sp³-hybridized carbons (Fsp3) is 0.412. The number of nitrogens with zero attached hydrogens (tertiary/aromatic N) is 1. The summed E-state index contributed by atoms with van der Waals surface area (Å²) in [5.41, 5.74) is 0.746. The fourth-order valence-corrected chi connectivity index (χ4v) is 3.08. The molecule has 1 unspecified atom stereocenters. The average molecular weight is 316 g/mol. The smallest absolute Gasteiger partial charge is 0.408 e. The monoisotopic (exact) mass is 316 g/mol. The minimum atomic E-state index is -0.618. The summed E-state index contributed by atoms with van der Waals surface area (Å²) in [5.74, 6) is 0. The number of aromatic nitrogens is 1. The lowest BCUT2D eigenvalue weighted by Gasteiger charge is -2.25. The third kappa shape index (κ3) is 2.70. The first-order chi connectivity index (χ1) is 10.8. The van der Waals surface area contributed by atoms with E-state index in [2.05, 4.69) is 5.32 Å². The highest BCUT2D eigenvalue weighted by Gasteiger charge is 2.36. The molecule has 2 atom stereocenters. The van der Waals surface area contributed by atoms with Gasteiger partial charge in [0.2, 0.25) is 0 Å². The minimum absolute atomic E-state index is 0.197. The first-order valence-corrected chi connectivity index (χ1v) is 7.56. The van der Waals surface area contributed by atoms with Crippen LogP contribution in [0.5, 0.6) is 0 Å². The third-order valence-corrected chi connectivity index (χ3v) is 3.89. The molecule has 1 aromatic heterocycles. The summed E-state index contributed by atoms with van der Waals surface area (Å²) < 4.78 is 6.85. The van der Waals surface area contributed by atoms with E-state index in [9.17, 15) is 14.7 Å². The lowest BCUT2D eigenvalue weighted by molar-refractivity contribution is 0.0479. The summed E-state index contributed by atoms with van der Waals surface area (Å²) in [5, 5.41) is 13.5. The molecular formula is C17H20N2O4. The number of benzene rings is 1. The van der Waals surface area contributed by atoms with Crippen LogP contribution in [0.2, 0.25) is 0 Å². The zero-order chi connectivity index (χ0) is 16.8. The van der Waals surface area contributed by atoms with Crippen LogP contribution in [0.15, 0.2) is 35.1 Å². The zero-order valence-corrected chi connectivity index (χ0v) is 13.4. The Bertz CT molecular complexity index is 819. The number of carbonyl (C=O) groups excluding carboxylic acids is 1. The Kier molecular flexibility index (Phi) is 3.64. The Hall–Kier alpha value is -2.34. The van der Waals surface area contributed by atoms with Crippen LogP contribution >= 0.6 is 0 Å². The highest BCUT2D eigenvalue weighted by Crippen LogP contribution is 2.38. The molecule has 122 valence electrons. The second kappa shape index (κ2) is 5.38. The van der Waals surface area contributed by atoms with Gasteiger partial charge in [-0.05, 0) is 32.2 Å². The van der Waals surface area contributed by atoms with E-state index in [1.807, 2.05) is 18.2 Å². The Labute approximate surface area is 133 Å². The lowest BCUT2D eigenvalue weighted by Crippen LogP contribution is -2.38. The Morgan fingerprint density at radius 2 is 2.04 bits per heavy atom. The van der Waals surface area contributed by atoms with Gasteiger partial charge in [-0.25, -0.2) is 4.79 Å². The van der Waals surface area contributed by atoms with Crippen LogP contribution in [-0.4, -0.2) is 28.0 Å². The zero-order valence-electron chi connectivity index (χ0n) is 13.4. The first kappa shape index (κ1) is 15.6. The normalized spacial score (nSPS) is 19.8. The van der Waals surface area contributed by atoms with Gasteiger partial charge in [-0.15, -0.1) is 0 Å². The Morgan fingerprint density at radius 1 is 1.30 bits per heavy atom. The first-order valence-electron chi connectivity index (χ1n) is 7.56. The Balaban J connectivity index is 2.03. The van der Waals surface area contributed by atoms with Gasteiger partial charge in [0, 0.05) is 11.6 Å². The molecule has 0 radical (unpaired) electrons. The van der Waals surface area contributed by atoms with E-state index in [0.717, 1.165) is 16.5 Å². The maximum absolute atomic E-state index is 12.2. The number of pyridine rings is 1. The SMILES string of the molecule is CC(C)(C)OC(=O)NC1c2cccc3ccc(=O)n(c23)[C@H]1CO. The van der Waals surface area contributed by atoms with Crippen molar-refractivity contribution in [2.24, 2.45) is 0 Å². The van der Waals surface area contributed by atoms with Gasteiger partial charge in [0.25, 0.3) is 5.56 Å². The van der Waals surface area contributed by atoms with Gasteiger partial charge in [-0.1, -0.05) is 18.2 Å². The molecule has 0 saturated carbocycles. The van der Waals surface area contributed by atoms with E-state index in [0.29, 0.717) is 0 Å². The van der Waals surface area contributed by atoms with Crippen molar-refractivity contribution in [2.75, 3.05) is 6.61 Å². The minimum Gasteiger partial charge on any atom is -0.444 e. The number of hydrogen-bond acceptors (Lipinski definition) is 4. The van der Waals surface area contributed by atoms with Crippen molar-refractivity contribution in [3.8, 4) is 0 Å². The summed E-state index contributed by atoms with van der Waals surface area (Å²) in [6.45, 7) is 5.09. The maximum Gasteiger partial charge on any atom is 0.408 e. The largest absolute Gasteiger partial charge is 0.444 e. The molecule has 3 rings (SSSR count). The molecule has 0 aliphatic carbocycles. The highest BCUT2D eigenvalue weighted by atomic mass is 16.6. The molecule has 2 heterocycles. The molecule has 0 spiro atoms. The molecule has 2 aromatic rings. The van der Waals surface area contributed by atoms with Crippen LogP contribution < -0.4 is 10.9 Å². The number of aliphatic hydroxyl groups is 1. The number of hydrogen-bond donors (Lipinski definition) is 2. The van der Waals surface area contributed by atoms with Gasteiger partial charge < -0.3 is 19.7 Å². The van der Waals surface area contributed by atoms with Crippen molar-refractivity contribution in [3.05, 3.63) is 46.2 Å². The third-order valence-electron chi connectivity index (χ3n) is 3.89. The molecule has 2 N–H and O–H groups in total. The van der Waals surface area contributed by atoms with Crippen LogP contribution in [0.4, 0.5) is 4.79 Å². The van der Waals surface area contributed by atoms with Gasteiger partial charge >= 0.3 is 6.09 Å². The van der Waals surface area contributed by atoms with Crippen LogP contribution in [0.1, 0.15) is 38.4 Å². The van der Waals surface area contributed by atoms with Crippen LogP contribution in [0.3, 0.4) is 0 Å². The second-order valence-electron chi connectivity index (χ2n) is 6.70. The van der Waals surface area contributed by atoms with Crippen LogP contribution in [0.25, 0.3) is 10.9 Å². The average Bonchev–Trinajstić information content (AvgIpc) is 2.77. The lowest BCUT2D eigenvalue weighted by atomic mass is 10.0. The summed E-state index contributed by atoms with van der Waals surface area (Å²) in [7, 11) is 0. The molecule has 1 aliphatic heterocycles. The summed E-state index contributed by atoms with van der Waals surface area (Å²) in [6, 6.07) is 7.81. The topological polar surface area (TPSA) is 80.6 Å². The number of para-hydroxylation sites is 1. The van der Waals surface area contributed by atoms with Gasteiger partial charge in [-0.3, -0.25) is 4.79 Å². The van der Waals surface area contributed by atoms with E-state index in [4.69, 9.17) is 4.74 Å². The predicted octanol–water partition coefficient (Wildman–Crippen LogP) is 2.11. The van der Waals surface area contributed by atoms with Crippen molar-refractivity contribution in [3.63, 3.8) is 0 Å². The van der Waals surface area contributed by atoms with E-state index in [1.165, 1.54) is 6.07 Å². The molecule has 0 saturated heterocycles. The van der Waals surface area contributed by atoms with E-state index < -0.39 is 23.8 Å². The van der Waals surface area contributed by atoms with Crippen molar-refractivity contribution in [1.29, 1.82) is 0 Å². The molecule has 1 aromatic carbocycles. The quantitative estimate of drug-likeness (QED) is 0.889. The maximum atomic E-state index is 12.2. The molecule has 6 heteroatoms. The molecule has 6 nitrogen and oxygen atoms in total. The molecular weight excluding hydrogens is 296 g/mol. The van der Waals surface area contributed by atoms with Gasteiger partial charge in [0.15, 0.2) is 0 Å². The van der Waals surface area contributed by atoms with Crippen molar-refractivity contribution in [2.45, 2.75) is 38.5 Å². The number of aliphatic hydroxyl groups excluding tert-OH is 1. The molecule has 1 aliphatic rings. The van der Waals surface area contributed by atoms with Gasteiger partial charge in [0.1, 0.15) is 5.60 Å². The number of ether oxygens (including phenoxy) is 1. The molecule has 23 heavy (non-hydrogen) atoms. The van der Waals surface area contributed by atoms with Gasteiger partial charge in [-0.2, -0.15) is 0 Å². The molecule has 0 fully saturated rings. The van der Waals surface area contributed by atoms with Crippen molar-refractivity contribution >= 4 is 17.0 Å². The fourth-order valence-electron chi connectivity index (χ4n) is 3.08. The number of nitrogens with one attached hydrogen (secondary N) is 1. The second-order valence-corrected chi connectivity index (χ2v) is 6.70. The van der Waals surface area contributed by atoms with Crippen LogP contribution in [-0.2, 0) is 4.74 Å². The Morgan fingerprint density at radius 3 is 2.70 bits per heavy atom. The molecule has 0 bridgehead atoms. The standard InChI is InChI=1S/C17H20N2O4/c1-17(2,3)23-16(22)18-14-11-6-4-5-10-7-8-13(21)19(15(10)11)12(14)9-20/h4-8,12,14,20H,9H2,1-3H3,(H,18,22)/t12-,14?/m0/s1. The summed E-state index contributed by atoms with van der Waals surface area (Å²) in [6.07, 6.45) is -0.571. The van der Waals surface area contributed by atoms with E-state index in [-0.39, 0.29) is 12.2 Å². The number of rotatable bonds is 2. The van der Waals surface area contributed by atoms with E-state index in [1.54, 1.807) is 31.4 Å². The van der Waals surface area contributed by atoms with Crippen LogP contribution in [0, 0.1) is 0 Å². The van der Waals surface area contributed by atoms with E-state index >= 15 is 0 Å². The summed E-state index contributed by atoms with van der Waals surface area (Å²) >= 11 is 0. The highest BCUT2D eigenvalue weighted by molar-refractivity contribution is 5.85. The number of amides is 1. The molecule has 1 amide bonds. The van der Waals surface area contributed by atoms with Crippen molar-refractivity contribution < 1.29 is 14.6 Å². The summed E-state index contributed by atoms with van der Waals surface area (Å²) in [4.78, 5) is 24.4. The van der Waals surface area contributed by atoms with Gasteiger partial charge in [0.05, 0.1) is 24.2 Å². The number of carbonyl (C=O) groups is 1. The number of alkyl carbamates (subject to hydrolysis) is 1. The predicted molar refractivity (Wildman–Crippen MR) is 86.4 cm³/mol. The van der Waals surface area contributed by atoms with Crippen molar-refractivity contribution in [1.82, 2.24) is 9.88 Å².